The van der Waals surface area contributed by atoms with E-state index in [1.165, 1.54) is 44.9 Å². The van der Waals surface area contributed by atoms with Crippen LogP contribution in [0.15, 0.2) is 97.2 Å². The predicted octanol–water partition coefficient (Wildman–Crippen LogP) is 13.3. The minimum Gasteiger partial charge on any atom is -0.390 e. The van der Waals surface area contributed by atoms with Crippen LogP contribution in [0.5, 0.6) is 0 Å². The maximum absolute atomic E-state index is 13.0. The molecule has 0 aliphatic heterocycles. The molecule has 362 valence electrons. The normalized spacial score (nSPS) is 15.5. The van der Waals surface area contributed by atoms with Crippen LogP contribution in [0.4, 0.5) is 0 Å². The Kier molecular flexibility index (Phi) is 41.5. The molecular weight excluding hydrogens is 808 g/mol. The van der Waals surface area contributed by atoms with Gasteiger partial charge in [0.15, 0.2) is 0 Å². The number of carbonyl (C=O) groups excluding carboxylic acids is 1. The number of unbranched alkanes of at least 4 members (excludes halogenated alkanes) is 14. The molecule has 10 heteroatoms. The molecule has 0 rings (SSSR count). The molecule has 0 bridgehead atoms. The Morgan fingerprint density at radius 1 is 0.587 bits per heavy atom. The van der Waals surface area contributed by atoms with E-state index in [2.05, 4.69) is 109 Å². The van der Waals surface area contributed by atoms with Gasteiger partial charge in [-0.25, -0.2) is 4.57 Å². The number of rotatable bonds is 43. The highest BCUT2D eigenvalue weighted by Crippen LogP contribution is 2.43. The molecule has 0 aliphatic rings. The molecule has 4 N–H and O–H groups in total. The first-order valence-corrected chi connectivity index (χ1v) is 26.1. The molecule has 9 nitrogen and oxygen atoms in total. The summed E-state index contributed by atoms with van der Waals surface area (Å²) >= 11 is 0. The topological polar surface area (TPSA) is 125 Å². The van der Waals surface area contributed by atoms with E-state index < -0.39 is 32.7 Å². The number of nitrogens with zero attached hydrogens (tertiary/aromatic N) is 1. The number of carbonyl (C=O) groups is 1. The summed E-state index contributed by atoms with van der Waals surface area (Å²) in [6, 6.07) is -1.07. The third kappa shape index (κ3) is 44.4. The summed E-state index contributed by atoms with van der Waals surface area (Å²) in [4.78, 5) is 23.2. The third-order valence-electron chi connectivity index (χ3n) is 10.5. The lowest BCUT2D eigenvalue weighted by Gasteiger charge is -2.28. The van der Waals surface area contributed by atoms with Crippen LogP contribution < -0.4 is 5.32 Å². The average Bonchev–Trinajstić information content (AvgIpc) is 3.24. The average molecular weight is 902 g/mol. The van der Waals surface area contributed by atoms with Crippen LogP contribution in [0, 0.1) is 0 Å². The number of allylic oxidation sites excluding steroid dienone is 16. The van der Waals surface area contributed by atoms with Crippen molar-refractivity contribution >= 4 is 13.7 Å². The Morgan fingerprint density at radius 3 is 1.52 bits per heavy atom. The molecule has 0 aromatic carbocycles. The lowest BCUT2D eigenvalue weighted by molar-refractivity contribution is -0.870. The molecule has 4 atom stereocenters. The van der Waals surface area contributed by atoms with E-state index in [0.29, 0.717) is 30.3 Å². The molecule has 0 radical (unpaired) electrons. The summed E-state index contributed by atoms with van der Waals surface area (Å²) in [7, 11) is 1.39. The lowest BCUT2D eigenvalue weighted by atomic mass is 10.0. The first kappa shape index (κ1) is 60.4. The highest BCUT2D eigenvalue weighted by Gasteiger charge is 2.31. The number of nitrogens with one attached hydrogen (secondary N) is 1. The summed E-state index contributed by atoms with van der Waals surface area (Å²) in [6.45, 7) is 4.22. The fourth-order valence-electron chi connectivity index (χ4n) is 6.56. The van der Waals surface area contributed by atoms with Gasteiger partial charge in [-0.15, -0.1) is 0 Å². The number of hydrogen-bond acceptors (Lipinski definition) is 6. The van der Waals surface area contributed by atoms with Gasteiger partial charge in [0, 0.05) is 6.42 Å². The van der Waals surface area contributed by atoms with Crippen LogP contribution >= 0.6 is 7.82 Å². The zero-order valence-corrected chi connectivity index (χ0v) is 41.5. The van der Waals surface area contributed by atoms with Crippen LogP contribution in [0.1, 0.15) is 174 Å². The second-order valence-corrected chi connectivity index (χ2v) is 19.0. The zero-order valence-electron chi connectivity index (χ0n) is 40.6. The van der Waals surface area contributed by atoms with E-state index in [9.17, 15) is 24.5 Å². The number of hydrogen-bond donors (Lipinski definition) is 4. The van der Waals surface area contributed by atoms with Gasteiger partial charge in [-0.3, -0.25) is 13.8 Å². The van der Waals surface area contributed by atoms with Crippen molar-refractivity contribution in [3.8, 4) is 0 Å². The smallest absolute Gasteiger partial charge is 0.390 e. The standard InChI is InChI=1S/C53H93N2O7P/c1-6-8-10-12-14-16-18-20-21-22-23-24-25-26-27-28-29-30-31-32-33-34-36-38-40-42-44-46-52(57)54-50(49-62-63(59,60)61-48-47-55(3,4)5)53(58)51(56)45-43-41-39-37-35-19-17-15-13-11-9-7-2/h7-10,14-17,20-21,23-24,26-27,37,39,50-51,53,56,58H,6,11-13,18-19,22,25,28-36,38,40-49H2,1-5H3,(H-,54,57,59,60)/p+1/b9-7+,10-8-,16-14-,17-15+,21-20-,24-23-,27-26-,39-37+. The number of likely N-dealkylation sites (N-methyl/N-ethyl adjacent to an activating group) is 1. The molecule has 0 saturated carbocycles. The van der Waals surface area contributed by atoms with Crippen LogP contribution in [-0.2, 0) is 18.4 Å². The minimum atomic E-state index is -4.44. The zero-order chi connectivity index (χ0) is 46.5. The number of quaternary nitrogens is 1. The highest BCUT2D eigenvalue weighted by atomic mass is 31.2. The van der Waals surface area contributed by atoms with Crippen molar-refractivity contribution in [2.24, 2.45) is 0 Å². The molecule has 0 aromatic rings. The van der Waals surface area contributed by atoms with Crippen molar-refractivity contribution in [1.82, 2.24) is 5.32 Å². The molecule has 0 saturated heterocycles. The molecule has 0 heterocycles. The Labute approximate surface area is 386 Å². The second-order valence-electron chi connectivity index (χ2n) is 17.6. The summed E-state index contributed by atoms with van der Waals surface area (Å²) < 4.78 is 23.5. The van der Waals surface area contributed by atoms with Gasteiger partial charge in [0.2, 0.25) is 5.91 Å². The molecule has 0 aliphatic carbocycles. The SMILES string of the molecule is C/C=C/CC/C=C/CC/C=C/CCCC(O)C(O)C(COP(=O)(O)OCC[N+](C)(C)C)NC(=O)CCCCCCCCCCCCC/C=C\C/C=C\C/C=C\C/C=C\C/C=C\CC. The molecule has 1 amide bonds. The fourth-order valence-corrected chi connectivity index (χ4v) is 7.30. The second kappa shape index (κ2) is 43.3. The third-order valence-corrected chi connectivity index (χ3v) is 11.4. The van der Waals surface area contributed by atoms with Crippen LogP contribution in [0.2, 0.25) is 0 Å². The fraction of sp³-hybridized carbons (Fsp3) is 0.679. The number of phosphoric acid groups is 1. The highest BCUT2D eigenvalue weighted by molar-refractivity contribution is 7.47. The van der Waals surface area contributed by atoms with Crippen LogP contribution in [-0.4, -0.2) is 84.6 Å². The van der Waals surface area contributed by atoms with Crippen molar-refractivity contribution in [3.05, 3.63) is 97.2 Å². The van der Waals surface area contributed by atoms with Gasteiger partial charge < -0.3 is 24.9 Å². The lowest BCUT2D eigenvalue weighted by Crippen LogP contribution is -2.51. The molecular formula is C53H94N2O7P+. The number of amides is 1. The van der Waals surface area contributed by atoms with Crippen molar-refractivity contribution in [3.63, 3.8) is 0 Å². The van der Waals surface area contributed by atoms with Gasteiger partial charge in [-0.1, -0.05) is 162 Å². The van der Waals surface area contributed by atoms with Crippen molar-refractivity contribution in [2.45, 2.75) is 193 Å². The molecule has 0 aromatic heterocycles. The van der Waals surface area contributed by atoms with E-state index in [-0.39, 0.29) is 18.9 Å². The molecule has 0 spiro atoms. The van der Waals surface area contributed by atoms with Gasteiger partial charge in [0.1, 0.15) is 19.3 Å². The van der Waals surface area contributed by atoms with E-state index in [1.807, 2.05) is 28.1 Å². The molecule has 4 unspecified atom stereocenters. The van der Waals surface area contributed by atoms with E-state index in [4.69, 9.17) is 9.05 Å². The summed E-state index contributed by atoms with van der Waals surface area (Å²) in [5.41, 5.74) is 0. The monoisotopic (exact) mass is 902 g/mol. The van der Waals surface area contributed by atoms with Crippen LogP contribution in [0.25, 0.3) is 0 Å². The number of aliphatic hydroxyl groups excluding tert-OH is 2. The van der Waals surface area contributed by atoms with Gasteiger partial charge in [0.05, 0.1) is 39.9 Å². The first-order valence-electron chi connectivity index (χ1n) is 24.7. The Morgan fingerprint density at radius 2 is 1.02 bits per heavy atom. The van der Waals surface area contributed by atoms with Crippen molar-refractivity contribution in [1.29, 1.82) is 0 Å². The number of aliphatic hydroxyl groups is 2. The summed E-state index contributed by atoms with van der Waals surface area (Å²) in [5.74, 6) is -0.284. The van der Waals surface area contributed by atoms with E-state index >= 15 is 0 Å². The van der Waals surface area contributed by atoms with Gasteiger partial charge in [-0.05, 0) is 103 Å². The Balaban J connectivity index is 4.34. The Hall–Kier alpha value is -2.62. The minimum absolute atomic E-state index is 0.00677. The van der Waals surface area contributed by atoms with Crippen molar-refractivity contribution in [2.75, 3.05) is 40.9 Å². The molecule has 63 heavy (non-hydrogen) atoms. The predicted molar refractivity (Wildman–Crippen MR) is 268 cm³/mol. The van der Waals surface area contributed by atoms with E-state index in [0.717, 1.165) is 89.9 Å². The summed E-state index contributed by atoms with van der Waals surface area (Å²) in [5, 5.41) is 24.7. The van der Waals surface area contributed by atoms with E-state index in [1.54, 1.807) is 0 Å². The first-order chi connectivity index (χ1) is 30.4. The quantitative estimate of drug-likeness (QED) is 0.0208. The molecule has 0 fully saturated rings. The van der Waals surface area contributed by atoms with Crippen LogP contribution in [0.3, 0.4) is 0 Å². The van der Waals surface area contributed by atoms with Crippen molar-refractivity contribution < 1.29 is 38.0 Å². The van der Waals surface area contributed by atoms with Gasteiger partial charge >= 0.3 is 7.82 Å². The largest absolute Gasteiger partial charge is 0.472 e. The van der Waals surface area contributed by atoms with Gasteiger partial charge in [-0.2, -0.15) is 0 Å². The number of phosphoric ester groups is 1. The maximum atomic E-state index is 13.0. The van der Waals surface area contributed by atoms with Gasteiger partial charge in [0.25, 0.3) is 0 Å². The Bertz CT molecular complexity index is 1360. The summed E-state index contributed by atoms with van der Waals surface area (Å²) in [6.07, 6.45) is 57.8. The maximum Gasteiger partial charge on any atom is 0.472 e.